The highest BCUT2D eigenvalue weighted by Gasteiger charge is 2.70. The molecule has 0 radical (unpaired) electrons. The van der Waals surface area contributed by atoms with Crippen molar-refractivity contribution in [1.29, 1.82) is 0 Å². The number of carbonyl (C=O) groups is 2. The Morgan fingerprint density at radius 3 is 1.29 bits per heavy atom. The first-order valence-electron chi connectivity index (χ1n) is 19.3. The number of thioether (sulfide) groups is 2. The second-order valence-electron chi connectivity index (χ2n) is 14.6. The molecule has 8 rings (SSSR count). The van der Waals surface area contributed by atoms with Crippen LogP contribution in [0.4, 0.5) is 0 Å². The molecule has 294 valence electrons. The highest BCUT2D eigenvalue weighted by atomic mass is 32.2. The number of benzene rings is 4. The molecular formula is C44H46O10S2. The number of esters is 2. The maximum Gasteiger partial charge on any atom is 0.338 e. The van der Waals surface area contributed by atoms with Gasteiger partial charge in [0.25, 0.3) is 0 Å². The van der Waals surface area contributed by atoms with Crippen LogP contribution < -0.4 is 0 Å². The van der Waals surface area contributed by atoms with Crippen molar-refractivity contribution in [1.82, 2.24) is 0 Å². The highest BCUT2D eigenvalue weighted by molar-refractivity contribution is 7.99. The summed E-state index contributed by atoms with van der Waals surface area (Å²) in [5.41, 5.74) is 0.514. The standard InChI is InChI=1S/C44H46O10S2/c45-35-36(46)38(50-42(48)30-17-7-2-8-18-30)40-39(37(35)49-41(47)29-15-5-1-6-16-29)53-43(25-13-19-31(51-43)27-55-33-21-9-3-10-22-33)44(54-40)26-14-20-32(52-44)28-56-34-23-11-4-12-24-34/h1-12,15-18,21-24,31-32,35-40,45-46H,13-14,19-20,25-28H2/t31-,32-,35+,36+,37-,38+,39+,40+,43-,44-/m1/s1. The zero-order valence-electron chi connectivity index (χ0n) is 30.8. The minimum Gasteiger partial charge on any atom is -0.453 e. The van der Waals surface area contributed by atoms with Crippen LogP contribution in [0.5, 0.6) is 0 Å². The highest BCUT2D eigenvalue weighted by Crippen LogP contribution is 2.54. The van der Waals surface area contributed by atoms with Crippen molar-refractivity contribution in [3.63, 3.8) is 0 Å². The first kappa shape index (κ1) is 39.1. The molecule has 0 bridgehead atoms. The van der Waals surface area contributed by atoms with Gasteiger partial charge in [0.1, 0.15) is 24.4 Å². The lowest BCUT2D eigenvalue weighted by Gasteiger charge is -2.62. The Hall–Kier alpha value is -3.72. The molecule has 56 heavy (non-hydrogen) atoms. The maximum atomic E-state index is 13.6. The van der Waals surface area contributed by atoms with Crippen LogP contribution in [0, 0.1) is 0 Å². The molecule has 3 saturated heterocycles. The Morgan fingerprint density at radius 2 is 0.911 bits per heavy atom. The van der Waals surface area contributed by atoms with E-state index in [9.17, 15) is 19.8 Å². The van der Waals surface area contributed by atoms with Gasteiger partial charge in [-0.3, -0.25) is 0 Å². The molecule has 1 aliphatic carbocycles. The molecule has 0 amide bonds. The van der Waals surface area contributed by atoms with Gasteiger partial charge in [-0.05, 0) is 74.2 Å². The summed E-state index contributed by atoms with van der Waals surface area (Å²) in [7, 11) is 0. The molecule has 2 N–H and O–H groups in total. The fourth-order valence-electron chi connectivity index (χ4n) is 8.12. The molecule has 4 fully saturated rings. The normalized spacial score (nSPS) is 32.7. The zero-order chi connectivity index (χ0) is 38.5. The molecule has 12 heteroatoms. The van der Waals surface area contributed by atoms with Crippen LogP contribution in [0.2, 0.25) is 0 Å². The van der Waals surface area contributed by atoms with E-state index in [1.165, 1.54) is 0 Å². The van der Waals surface area contributed by atoms with E-state index in [1.54, 1.807) is 84.2 Å². The minimum absolute atomic E-state index is 0.257. The van der Waals surface area contributed by atoms with Crippen molar-refractivity contribution in [2.75, 3.05) is 11.5 Å². The Bertz CT molecular complexity index is 1770. The quantitative estimate of drug-likeness (QED) is 0.126. The molecule has 1 saturated carbocycles. The third kappa shape index (κ3) is 8.30. The van der Waals surface area contributed by atoms with E-state index >= 15 is 0 Å². The first-order valence-corrected chi connectivity index (χ1v) is 21.3. The number of carbonyl (C=O) groups excluding carboxylic acids is 2. The van der Waals surface area contributed by atoms with Gasteiger partial charge in [0.15, 0.2) is 12.2 Å². The van der Waals surface area contributed by atoms with Gasteiger partial charge in [-0.1, -0.05) is 72.8 Å². The zero-order valence-corrected chi connectivity index (χ0v) is 32.4. The maximum absolute atomic E-state index is 13.6. The predicted molar refractivity (Wildman–Crippen MR) is 210 cm³/mol. The largest absolute Gasteiger partial charge is 0.453 e. The van der Waals surface area contributed by atoms with Gasteiger partial charge in [-0.15, -0.1) is 23.5 Å². The topological polar surface area (TPSA) is 130 Å². The Labute approximate surface area is 335 Å². The second kappa shape index (κ2) is 17.4. The summed E-state index contributed by atoms with van der Waals surface area (Å²) in [6.07, 6.45) is -5.42. The third-order valence-electron chi connectivity index (χ3n) is 10.9. The average molecular weight is 799 g/mol. The van der Waals surface area contributed by atoms with Crippen molar-refractivity contribution >= 4 is 35.5 Å². The molecule has 4 aromatic rings. The molecule has 3 aliphatic heterocycles. The smallest absolute Gasteiger partial charge is 0.338 e. The number of aliphatic hydroxyl groups is 2. The van der Waals surface area contributed by atoms with Crippen molar-refractivity contribution in [2.24, 2.45) is 0 Å². The lowest BCUT2D eigenvalue weighted by Crippen LogP contribution is -2.78. The molecule has 3 heterocycles. The Balaban J connectivity index is 1.15. The van der Waals surface area contributed by atoms with Gasteiger partial charge in [0.05, 0.1) is 23.3 Å². The van der Waals surface area contributed by atoms with E-state index in [0.29, 0.717) is 24.3 Å². The van der Waals surface area contributed by atoms with Gasteiger partial charge < -0.3 is 38.6 Å². The van der Waals surface area contributed by atoms with E-state index < -0.39 is 60.1 Å². The number of aliphatic hydroxyl groups excluding tert-OH is 2. The molecule has 4 aromatic carbocycles. The van der Waals surface area contributed by atoms with E-state index in [2.05, 4.69) is 24.3 Å². The summed E-state index contributed by atoms with van der Waals surface area (Å²) in [6, 6.07) is 37.0. The number of ether oxygens (including phenoxy) is 6. The van der Waals surface area contributed by atoms with Crippen molar-refractivity contribution in [2.45, 2.75) is 109 Å². The monoisotopic (exact) mass is 798 g/mol. The lowest BCUT2D eigenvalue weighted by atomic mass is 9.80. The molecule has 0 aromatic heterocycles. The van der Waals surface area contributed by atoms with Crippen LogP contribution in [0.1, 0.15) is 59.2 Å². The average Bonchev–Trinajstić information content (AvgIpc) is 3.25. The van der Waals surface area contributed by atoms with Gasteiger partial charge in [0.2, 0.25) is 11.6 Å². The van der Waals surface area contributed by atoms with Crippen molar-refractivity contribution in [3.05, 3.63) is 132 Å². The molecule has 0 unspecified atom stereocenters. The summed E-state index contributed by atoms with van der Waals surface area (Å²) < 4.78 is 40.5. The van der Waals surface area contributed by atoms with Crippen LogP contribution >= 0.6 is 23.5 Å². The number of hydrogen-bond acceptors (Lipinski definition) is 12. The van der Waals surface area contributed by atoms with E-state index in [4.69, 9.17) is 28.4 Å². The fraction of sp³-hybridized carbons (Fsp3) is 0.409. The Morgan fingerprint density at radius 1 is 0.554 bits per heavy atom. The molecule has 10 nitrogen and oxygen atoms in total. The van der Waals surface area contributed by atoms with Crippen LogP contribution in [0.15, 0.2) is 131 Å². The summed E-state index contributed by atoms with van der Waals surface area (Å²) >= 11 is 3.37. The van der Waals surface area contributed by atoms with Crippen LogP contribution in [-0.2, 0) is 28.4 Å². The van der Waals surface area contributed by atoms with Gasteiger partial charge in [-0.25, -0.2) is 9.59 Å². The molecule has 4 aliphatic rings. The minimum atomic E-state index is -1.71. The second-order valence-corrected chi connectivity index (χ2v) is 16.8. The lowest BCUT2D eigenvalue weighted by molar-refractivity contribution is -0.507. The van der Waals surface area contributed by atoms with Gasteiger partial charge in [-0.2, -0.15) is 0 Å². The number of rotatable bonds is 10. The molecular weight excluding hydrogens is 753 g/mol. The predicted octanol–water partition coefficient (Wildman–Crippen LogP) is 7.07. The van der Waals surface area contributed by atoms with Crippen LogP contribution in [0.3, 0.4) is 0 Å². The van der Waals surface area contributed by atoms with Crippen molar-refractivity contribution in [3.8, 4) is 0 Å². The van der Waals surface area contributed by atoms with Crippen molar-refractivity contribution < 1.29 is 48.2 Å². The molecule has 10 atom stereocenters. The van der Waals surface area contributed by atoms with Crippen LogP contribution in [-0.4, -0.2) is 94.1 Å². The Kier molecular flexibility index (Phi) is 12.2. The molecule has 2 spiro atoms. The summed E-state index contributed by atoms with van der Waals surface area (Å²) in [5, 5.41) is 23.5. The summed E-state index contributed by atoms with van der Waals surface area (Å²) in [6.45, 7) is 0. The third-order valence-corrected chi connectivity index (χ3v) is 13.2. The summed E-state index contributed by atoms with van der Waals surface area (Å²) in [4.78, 5) is 29.4. The number of hydrogen-bond donors (Lipinski definition) is 2. The number of fused-ring (bicyclic) bond motifs is 2. The SMILES string of the molecule is O=C(O[C@@H]1[C@@H](O)[C@H](O)[C@H](OC(=O)c2ccccc2)[C@@H]2O[C@]3(CCC[C@H](CSc4ccccc4)O3)[C@@]3(CCC[C@H](CSc4ccccc4)O3)O[C@H]21)c1ccccc1. The van der Waals surface area contributed by atoms with Gasteiger partial charge in [0, 0.05) is 34.1 Å². The fourth-order valence-corrected chi connectivity index (χ4v) is 10.0. The van der Waals surface area contributed by atoms with E-state index in [-0.39, 0.29) is 23.3 Å². The van der Waals surface area contributed by atoms with Gasteiger partial charge >= 0.3 is 11.9 Å². The first-order chi connectivity index (χ1) is 27.3. The van der Waals surface area contributed by atoms with E-state index in [1.807, 2.05) is 36.4 Å². The van der Waals surface area contributed by atoms with Crippen LogP contribution in [0.25, 0.3) is 0 Å². The van der Waals surface area contributed by atoms with E-state index in [0.717, 1.165) is 35.5 Å². The summed E-state index contributed by atoms with van der Waals surface area (Å²) in [5.74, 6) is -3.14.